The van der Waals surface area contributed by atoms with Crippen LogP contribution in [0.2, 0.25) is 0 Å². The van der Waals surface area contributed by atoms with Crippen molar-refractivity contribution in [1.82, 2.24) is 14.8 Å². The number of aryl methyl sites for hydroxylation is 1. The van der Waals surface area contributed by atoms with E-state index in [-0.39, 0.29) is 29.1 Å². The second-order valence-corrected chi connectivity index (χ2v) is 9.75. The molecule has 0 aliphatic carbocycles. The number of anilines is 1. The van der Waals surface area contributed by atoms with Gasteiger partial charge < -0.3 is 9.88 Å². The average molecular weight is 395 g/mol. The average Bonchev–Trinajstić information content (AvgIpc) is 3.11. The van der Waals surface area contributed by atoms with Gasteiger partial charge in [0.05, 0.1) is 17.3 Å². The zero-order chi connectivity index (χ0) is 18.7. The van der Waals surface area contributed by atoms with E-state index >= 15 is 0 Å². The first-order valence-electron chi connectivity index (χ1n) is 8.41. The Bertz CT molecular complexity index is 908. The summed E-state index contributed by atoms with van der Waals surface area (Å²) >= 11 is 1.32. The Morgan fingerprint density at radius 2 is 2.12 bits per heavy atom. The number of thioether (sulfide) groups is 1. The van der Waals surface area contributed by atoms with Crippen LogP contribution in [0.1, 0.15) is 17.8 Å². The fraction of sp³-hybridized carbons (Fsp3) is 0.471. The van der Waals surface area contributed by atoms with Crippen molar-refractivity contribution in [2.75, 3.05) is 22.6 Å². The number of amides is 1. The lowest BCUT2D eigenvalue weighted by molar-refractivity contribution is -0.113. The van der Waals surface area contributed by atoms with Crippen molar-refractivity contribution < 1.29 is 13.2 Å². The van der Waals surface area contributed by atoms with Crippen LogP contribution in [0.5, 0.6) is 0 Å². The molecule has 0 saturated carbocycles. The van der Waals surface area contributed by atoms with Crippen molar-refractivity contribution in [3.05, 3.63) is 35.7 Å². The number of para-hydroxylation sites is 1. The van der Waals surface area contributed by atoms with Gasteiger partial charge >= 0.3 is 0 Å². The lowest BCUT2D eigenvalue weighted by atomic mass is 10.1. The number of rotatable bonds is 6. The molecular formula is C17H22N4O3S2. The molecule has 0 spiro atoms. The maximum atomic E-state index is 12.2. The predicted molar refractivity (Wildman–Crippen MR) is 102 cm³/mol. The Kier molecular flexibility index (Phi) is 5.67. The van der Waals surface area contributed by atoms with Crippen molar-refractivity contribution in [3.8, 4) is 0 Å². The molecule has 0 unspecified atom stereocenters. The van der Waals surface area contributed by atoms with Crippen LogP contribution in [-0.4, -0.2) is 46.3 Å². The van der Waals surface area contributed by atoms with Crippen LogP contribution in [0.15, 0.2) is 29.4 Å². The number of nitrogens with one attached hydrogen (secondary N) is 1. The monoisotopic (exact) mass is 394 g/mol. The highest BCUT2D eigenvalue weighted by molar-refractivity contribution is 7.99. The number of hydrogen-bond donors (Lipinski definition) is 1. The summed E-state index contributed by atoms with van der Waals surface area (Å²) in [5.74, 6) is 1.48. The first-order valence-corrected chi connectivity index (χ1v) is 11.2. The minimum absolute atomic E-state index is 0.101. The first-order chi connectivity index (χ1) is 12.3. The summed E-state index contributed by atoms with van der Waals surface area (Å²) in [5.41, 5.74) is 1.82. The normalized spacial score (nSPS) is 18.8. The molecular weight excluding hydrogens is 372 g/mol. The van der Waals surface area contributed by atoms with Gasteiger partial charge in [0.15, 0.2) is 15.0 Å². The van der Waals surface area contributed by atoms with E-state index in [0.29, 0.717) is 18.0 Å². The van der Waals surface area contributed by atoms with Crippen molar-refractivity contribution in [1.29, 1.82) is 0 Å². The molecule has 1 aromatic carbocycles. The molecule has 1 fully saturated rings. The standard InChI is InChI=1S/C17H22N4O3S2/c1-12-5-3-4-6-14(12)18-16(22)10-25-17-20-19-15(21(17)2)9-13-7-8-26(23,24)11-13/h3-6,13H,7-11H2,1-2H3,(H,18,22)/t13-/m0/s1. The SMILES string of the molecule is Cc1ccccc1NC(=O)CSc1nnc(C[C@@H]2CCS(=O)(=O)C2)n1C. The van der Waals surface area contributed by atoms with E-state index in [1.807, 2.05) is 42.8 Å². The smallest absolute Gasteiger partial charge is 0.234 e. The van der Waals surface area contributed by atoms with Gasteiger partial charge in [-0.25, -0.2) is 8.42 Å². The third-order valence-corrected chi connectivity index (χ3v) is 7.33. The quantitative estimate of drug-likeness (QED) is 0.751. The number of hydrogen-bond acceptors (Lipinski definition) is 6. The number of nitrogens with zero attached hydrogens (tertiary/aromatic N) is 3. The van der Waals surface area contributed by atoms with E-state index in [0.717, 1.165) is 17.1 Å². The second-order valence-electron chi connectivity index (χ2n) is 6.58. The predicted octanol–water partition coefficient (Wildman–Crippen LogP) is 1.83. The van der Waals surface area contributed by atoms with Gasteiger partial charge in [-0.2, -0.15) is 0 Å². The molecule has 2 aromatic rings. The van der Waals surface area contributed by atoms with Crippen molar-refractivity contribution in [2.45, 2.75) is 24.9 Å². The van der Waals surface area contributed by atoms with Gasteiger partial charge in [0.2, 0.25) is 5.91 Å². The van der Waals surface area contributed by atoms with Crippen LogP contribution in [-0.2, 0) is 28.1 Å². The van der Waals surface area contributed by atoms with Gasteiger partial charge in [0, 0.05) is 19.2 Å². The molecule has 9 heteroatoms. The van der Waals surface area contributed by atoms with Crippen LogP contribution in [0.3, 0.4) is 0 Å². The molecule has 140 valence electrons. The first kappa shape index (κ1) is 18.9. The highest BCUT2D eigenvalue weighted by Crippen LogP contribution is 2.24. The maximum Gasteiger partial charge on any atom is 0.234 e. The summed E-state index contributed by atoms with van der Waals surface area (Å²) in [6.07, 6.45) is 1.27. The summed E-state index contributed by atoms with van der Waals surface area (Å²) in [4.78, 5) is 12.2. The van der Waals surface area contributed by atoms with Crippen LogP contribution in [0.4, 0.5) is 5.69 Å². The van der Waals surface area contributed by atoms with Crippen LogP contribution < -0.4 is 5.32 Å². The van der Waals surface area contributed by atoms with Gasteiger partial charge in [0.25, 0.3) is 0 Å². The van der Waals surface area contributed by atoms with E-state index < -0.39 is 9.84 Å². The van der Waals surface area contributed by atoms with Gasteiger partial charge in [-0.3, -0.25) is 4.79 Å². The Hall–Kier alpha value is -1.87. The van der Waals surface area contributed by atoms with Gasteiger partial charge in [0.1, 0.15) is 5.82 Å². The Morgan fingerprint density at radius 1 is 1.35 bits per heavy atom. The van der Waals surface area contributed by atoms with Gasteiger partial charge in [-0.05, 0) is 30.9 Å². The van der Waals surface area contributed by atoms with E-state index in [1.165, 1.54) is 11.8 Å². The van der Waals surface area contributed by atoms with Crippen molar-refractivity contribution in [3.63, 3.8) is 0 Å². The summed E-state index contributed by atoms with van der Waals surface area (Å²) in [7, 11) is -1.04. The van der Waals surface area contributed by atoms with Gasteiger partial charge in [-0.15, -0.1) is 10.2 Å². The number of carbonyl (C=O) groups excluding carboxylic acids is 1. The molecule has 1 aromatic heterocycles. The molecule has 0 radical (unpaired) electrons. The number of aromatic nitrogens is 3. The zero-order valence-electron chi connectivity index (χ0n) is 14.8. The molecule has 1 amide bonds. The van der Waals surface area contributed by atoms with Crippen LogP contribution >= 0.6 is 11.8 Å². The summed E-state index contributed by atoms with van der Waals surface area (Å²) in [5, 5.41) is 11.8. The van der Waals surface area contributed by atoms with E-state index in [4.69, 9.17) is 0 Å². The van der Waals surface area contributed by atoms with Crippen LogP contribution in [0, 0.1) is 12.8 Å². The molecule has 1 aliphatic rings. The van der Waals surface area contributed by atoms with Crippen molar-refractivity contribution >= 4 is 33.2 Å². The molecule has 1 N–H and O–H groups in total. The molecule has 7 nitrogen and oxygen atoms in total. The number of sulfone groups is 1. The molecule has 0 bridgehead atoms. The summed E-state index contributed by atoms with van der Waals surface area (Å²) < 4.78 is 25.0. The molecule has 26 heavy (non-hydrogen) atoms. The number of carbonyl (C=O) groups is 1. The third kappa shape index (κ3) is 4.64. The van der Waals surface area contributed by atoms with Crippen molar-refractivity contribution in [2.24, 2.45) is 13.0 Å². The minimum Gasteiger partial charge on any atom is -0.325 e. The lowest BCUT2D eigenvalue weighted by Crippen LogP contribution is -2.15. The second kappa shape index (κ2) is 7.79. The highest BCUT2D eigenvalue weighted by Gasteiger charge is 2.29. The largest absolute Gasteiger partial charge is 0.325 e. The lowest BCUT2D eigenvalue weighted by Gasteiger charge is -2.09. The Balaban J connectivity index is 1.55. The molecule has 3 rings (SSSR count). The van der Waals surface area contributed by atoms with E-state index in [2.05, 4.69) is 15.5 Å². The molecule has 2 heterocycles. The molecule has 1 atom stereocenters. The zero-order valence-corrected chi connectivity index (χ0v) is 16.4. The summed E-state index contributed by atoms with van der Waals surface area (Å²) in [6.45, 7) is 1.95. The Morgan fingerprint density at radius 3 is 2.81 bits per heavy atom. The number of benzene rings is 1. The maximum absolute atomic E-state index is 12.2. The third-order valence-electron chi connectivity index (χ3n) is 4.47. The summed E-state index contributed by atoms with van der Waals surface area (Å²) in [6, 6.07) is 7.62. The molecule has 1 saturated heterocycles. The highest BCUT2D eigenvalue weighted by atomic mass is 32.2. The van der Waals surface area contributed by atoms with Gasteiger partial charge in [-0.1, -0.05) is 30.0 Å². The fourth-order valence-electron chi connectivity index (χ4n) is 2.97. The fourth-order valence-corrected chi connectivity index (χ4v) is 5.56. The van der Waals surface area contributed by atoms with E-state index in [1.54, 1.807) is 0 Å². The Labute approximate surface area is 157 Å². The minimum atomic E-state index is -2.89. The molecule has 1 aliphatic heterocycles. The van der Waals surface area contributed by atoms with E-state index in [9.17, 15) is 13.2 Å². The van der Waals surface area contributed by atoms with Crippen LogP contribution in [0.25, 0.3) is 0 Å². The topological polar surface area (TPSA) is 94.0 Å².